The van der Waals surface area contributed by atoms with E-state index in [0.29, 0.717) is 23.6 Å². The van der Waals surface area contributed by atoms with Crippen molar-refractivity contribution in [3.63, 3.8) is 0 Å². The first kappa shape index (κ1) is 19.7. The Morgan fingerprint density at radius 2 is 1.96 bits per heavy atom. The molecule has 6 nitrogen and oxygen atoms in total. The number of hydrogen-bond acceptors (Lipinski definition) is 5. The average molecular weight is 364 g/mol. The van der Waals surface area contributed by atoms with Crippen LogP contribution in [0.15, 0.2) is 54.6 Å². The van der Waals surface area contributed by atoms with Crippen molar-refractivity contribution in [1.82, 2.24) is 0 Å². The fourth-order valence-corrected chi connectivity index (χ4v) is 2.17. The van der Waals surface area contributed by atoms with Crippen molar-refractivity contribution in [3.05, 3.63) is 65.7 Å². The summed E-state index contributed by atoms with van der Waals surface area (Å²) in [6.45, 7) is 3.70. The molecule has 2 aromatic carbocycles. The maximum atomic E-state index is 12.3. The van der Waals surface area contributed by atoms with Crippen LogP contribution in [0.2, 0.25) is 0 Å². The topological polar surface area (TPSA) is 88.4 Å². The summed E-state index contributed by atoms with van der Waals surface area (Å²) in [6.07, 6.45) is 2.25. The molecule has 1 N–H and O–H groups in total. The van der Waals surface area contributed by atoms with Crippen LogP contribution < -0.4 is 10.1 Å². The molecule has 0 aliphatic carbocycles. The van der Waals surface area contributed by atoms with Crippen molar-refractivity contribution in [2.24, 2.45) is 0 Å². The molecule has 2 rings (SSSR count). The Morgan fingerprint density at radius 1 is 1.22 bits per heavy atom. The largest absolute Gasteiger partial charge is 0.481 e. The van der Waals surface area contributed by atoms with Crippen molar-refractivity contribution in [1.29, 1.82) is 5.26 Å². The van der Waals surface area contributed by atoms with Gasteiger partial charge >= 0.3 is 5.97 Å². The number of hydrogen-bond donors (Lipinski definition) is 1. The van der Waals surface area contributed by atoms with Crippen LogP contribution in [0.5, 0.6) is 5.75 Å². The summed E-state index contributed by atoms with van der Waals surface area (Å²) in [7, 11) is 0. The summed E-state index contributed by atoms with van der Waals surface area (Å²) < 4.78 is 10.4. The number of benzene rings is 2. The van der Waals surface area contributed by atoms with Crippen LogP contribution in [0.3, 0.4) is 0 Å². The van der Waals surface area contributed by atoms with Crippen LogP contribution in [0.4, 0.5) is 5.69 Å². The summed E-state index contributed by atoms with van der Waals surface area (Å²) in [5.41, 5.74) is 1.87. The predicted molar refractivity (Wildman–Crippen MR) is 102 cm³/mol. The number of carbonyl (C=O) groups excluding carboxylic acids is 2. The summed E-state index contributed by atoms with van der Waals surface area (Å²) in [5, 5.41) is 11.7. The van der Waals surface area contributed by atoms with E-state index in [1.807, 2.05) is 6.07 Å². The molecule has 0 saturated heterocycles. The molecule has 27 heavy (non-hydrogen) atoms. The fourth-order valence-electron chi connectivity index (χ4n) is 2.17. The Labute approximate surface area is 158 Å². The number of carbonyl (C=O) groups is 2. The Bertz CT molecular complexity index is 866. The molecule has 0 aromatic heterocycles. The highest BCUT2D eigenvalue weighted by molar-refractivity contribution is 5.94. The van der Waals surface area contributed by atoms with Gasteiger partial charge in [-0.05, 0) is 55.8 Å². The minimum atomic E-state index is -0.734. The number of anilines is 1. The van der Waals surface area contributed by atoms with E-state index in [0.717, 1.165) is 5.56 Å². The molecular weight excluding hydrogens is 344 g/mol. The molecule has 1 atom stereocenters. The summed E-state index contributed by atoms with van der Waals surface area (Å²) in [6, 6.07) is 15.6. The standard InChI is InChI=1S/C21H20N2O4/c1-3-26-20(24)12-9-16-7-10-18(11-8-16)23-21(25)15(2)27-19-6-4-5-17(13-19)14-22/h4-13,15H,3H2,1-2H3,(H,23,25)/b12-9+. The van der Waals surface area contributed by atoms with Crippen LogP contribution in [0.1, 0.15) is 25.0 Å². The van der Waals surface area contributed by atoms with E-state index in [-0.39, 0.29) is 5.91 Å². The van der Waals surface area contributed by atoms with Crippen LogP contribution in [-0.2, 0) is 14.3 Å². The van der Waals surface area contributed by atoms with Gasteiger partial charge in [0.25, 0.3) is 5.91 Å². The molecule has 0 aliphatic heterocycles. The van der Waals surface area contributed by atoms with Gasteiger partial charge in [-0.15, -0.1) is 0 Å². The van der Waals surface area contributed by atoms with Crippen molar-refractivity contribution in [2.75, 3.05) is 11.9 Å². The molecule has 0 aliphatic rings. The molecule has 0 radical (unpaired) electrons. The third kappa shape index (κ3) is 6.33. The second-order valence-electron chi connectivity index (χ2n) is 5.60. The number of nitrogens with one attached hydrogen (secondary N) is 1. The van der Waals surface area contributed by atoms with Gasteiger partial charge in [-0.2, -0.15) is 5.26 Å². The lowest BCUT2D eigenvalue weighted by atomic mass is 10.2. The lowest BCUT2D eigenvalue weighted by Crippen LogP contribution is -2.30. The zero-order valence-corrected chi connectivity index (χ0v) is 15.1. The SMILES string of the molecule is CCOC(=O)/C=C/c1ccc(NC(=O)C(C)Oc2cccc(C#N)c2)cc1. The van der Waals surface area contributed by atoms with E-state index in [1.165, 1.54) is 6.08 Å². The van der Waals surface area contributed by atoms with Gasteiger partial charge in [-0.25, -0.2) is 4.79 Å². The summed E-state index contributed by atoms with van der Waals surface area (Å²) in [4.78, 5) is 23.6. The smallest absolute Gasteiger partial charge is 0.330 e. The van der Waals surface area contributed by atoms with Crippen LogP contribution in [0, 0.1) is 11.3 Å². The molecule has 6 heteroatoms. The van der Waals surface area contributed by atoms with Gasteiger partial charge in [0, 0.05) is 11.8 Å². The number of ether oxygens (including phenoxy) is 2. The first-order valence-corrected chi connectivity index (χ1v) is 8.44. The Balaban J connectivity index is 1.92. The van der Waals surface area contributed by atoms with Crippen molar-refractivity contribution in [3.8, 4) is 11.8 Å². The highest BCUT2D eigenvalue weighted by Crippen LogP contribution is 2.16. The molecule has 1 amide bonds. The van der Waals surface area contributed by atoms with Gasteiger partial charge in [-0.1, -0.05) is 18.2 Å². The van der Waals surface area contributed by atoms with E-state index in [1.54, 1.807) is 68.5 Å². The number of esters is 1. The Morgan fingerprint density at radius 3 is 2.63 bits per heavy atom. The molecule has 138 valence electrons. The second-order valence-corrected chi connectivity index (χ2v) is 5.60. The van der Waals surface area contributed by atoms with Crippen molar-refractivity contribution >= 4 is 23.6 Å². The van der Waals surface area contributed by atoms with E-state index >= 15 is 0 Å². The van der Waals surface area contributed by atoms with Gasteiger partial charge in [-0.3, -0.25) is 4.79 Å². The molecule has 0 heterocycles. The third-order valence-electron chi connectivity index (χ3n) is 3.52. The first-order valence-electron chi connectivity index (χ1n) is 8.44. The molecule has 0 fully saturated rings. The molecule has 0 saturated carbocycles. The highest BCUT2D eigenvalue weighted by Gasteiger charge is 2.15. The number of nitrogens with zero attached hydrogens (tertiary/aromatic N) is 1. The van der Waals surface area contributed by atoms with E-state index in [9.17, 15) is 9.59 Å². The molecule has 0 spiro atoms. The maximum absolute atomic E-state index is 12.3. The number of amides is 1. The number of nitriles is 1. The van der Waals surface area contributed by atoms with Gasteiger partial charge in [0.15, 0.2) is 6.10 Å². The predicted octanol–water partition coefficient (Wildman–Crippen LogP) is 3.54. The molecule has 0 bridgehead atoms. The minimum absolute atomic E-state index is 0.313. The van der Waals surface area contributed by atoms with Gasteiger partial charge < -0.3 is 14.8 Å². The number of rotatable bonds is 7. The minimum Gasteiger partial charge on any atom is -0.481 e. The molecule has 1 unspecified atom stereocenters. The molecule has 2 aromatic rings. The highest BCUT2D eigenvalue weighted by atomic mass is 16.5. The quantitative estimate of drug-likeness (QED) is 0.600. The normalized spacial score (nSPS) is 11.4. The van der Waals surface area contributed by atoms with Crippen molar-refractivity contribution < 1.29 is 19.1 Å². The van der Waals surface area contributed by atoms with Crippen LogP contribution in [-0.4, -0.2) is 24.6 Å². The monoisotopic (exact) mass is 364 g/mol. The molecular formula is C21H20N2O4. The first-order chi connectivity index (χ1) is 13.0. The van der Waals surface area contributed by atoms with E-state index < -0.39 is 12.1 Å². The lowest BCUT2D eigenvalue weighted by Gasteiger charge is -2.15. The zero-order chi connectivity index (χ0) is 19.6. The zero-order valence-electron chi connectivity index (χ0n) is 15.1. The van der Waals surface area contributed by atoms with E-state index in [2.05, 4.69) is 5.32 Å². The summed E-state index contributed by atoms with van der Waals surface area (Å²) in [5.74, 6) is -0.260. The summed E-state index contributed by atoms with van der Waals surface area (Å²) >= 11 is 0. The third-order valence-corrected chi connectivity index (χ3v) is 3.52. The maximum Gasteiger partial charge on any atom is 0.330 e. The van der Waals surface area contributed by atoms with Gasteiger partial charge in [0.05, 0.1) is 18.2 Å². The van der Waals surface area contributed by atoms with Gasteiger partial charge in [0.2, 0.25) is 0 Å². The fraction of sp³-hybridized carbons (Fsp3) is 0.190. The second kappa shape index (κ2) is 9.78. The van der Waals surface area contributed by atoms with Crippen molar-refractivity contribution in [2.45, 2.75) is 20.0 Å². The van der Waals surface area contributed by atoms with Crippen LogP contribution in [0.25, 0.3) is 6.08 Å². The Hall–Kier alpha value is -3.59. The average Bonchev–Trinajstić information content (AvgIpc) is 2.67. The van der Waals surface area contributed by atoms with Crippen LogP contribution >= 0.6 is 0 Å². The Kier molecular flexibility index (Phi) is 7.15. The van der Waals surface area contributed by atoms with E-state index in [4.69, 9.17) is 14.7 Å². The van der Waals surface area contributed by atoms with Gasteiger partial charge in [0.1, 0.15) is 5.75 Å². The lowest BCUT2D eigenvalue weighted by molar-refractivity contribution is -0.137.